The zero-order chi connectivity index (χ0) is 32.6. The molecular weight excluding hydrogens is 608 g/mol. The van der Waals surface area contributed by atoms with E-state index in [4.69, 9.17) is 21.4 Å². The van der Waals surface area contributed by atoms with Gasteiger partial charge in [0.2, 0.25) is 10.0 Å². The molecule has 0 aliphatic rings. The van der Waals surface area contributed by atoms with Gasteiger partial charge in [-0.25, -0.2) is 13.1 Å². The van der Waals surface area contributed by atoms with Gasteiger partial charge in [-0.1, -0.05) is 41.9 Å². The Morgan fingerprint density at radius 2 is 1.64 bits per heavy atom. The van der Waals surface area contributed by atoms with Crippen LogP contribution in [0.25, 0.3) is 22.0 Å². The topological polar surface area (TPSA) is 95.2 Å². The molecule has 45 heavy (non-hydrogen) atoms. The molecule has 0 saturated carbocycles. The van der Waals surface area contributed by atoms with Crippen LogP contribution in [-0.4, -0.2) is 41.5 Å². The van der Waals surface area contributed by atoms with E-state index in [0.717, 1.165) is 80.3 Å². The van der Waals surface area contributed by atoms with Crippen molar-refractivity contribution in [2.45, 2.75) is 54.0 Å². The second-order valence-corrected chi connectivity index (χ2v) is 13.9. The Balaban J connectivity index is 1.50. The van der Waals surface area contributed by atoms with E-state index < -0.39 is 15.9 Å². The number of hydrogen-bond donors (Lipinski definition) is 1. The minimum absolute atomic E-state index is 0.285. The number of halogens is 1. The number of sulfonamides is 1. The smallest absolute Gasteiger partial charge is 0.264 e. The number of nitrogens with zero attached hydrogens (tertiary/aromatic N) is 3. The van der Waals surface area contributed by atoms with Gasteiger partial charge in [-0.3, -0.25) is 9.48 Å². The molecule has 5 aromatic rings. The Labute approximate surface area is 270 Å². The SMILES string of the molecule is Cc1cc(OCCCc2c(C)n(Cc3ccc(C(=O)NS(C)(=O)=O)cc3)c3c(-c4c(C)nn(C)c4C)cccc23)cc(C)c1Cl. The van der Waals surface area contributed by atoms with E-state index in [2.05, 4.69) is 36.6 Å². The first-order valence-electron chi connectivity index (χ1n) is 14.9. The average Bonchev–Trinajstić information content (AvgIpc) is 3.39. The summed E-state index contributed by atoms with van der Waals surface area (Å²) in [7, 11) is -1.68. The lowest BCUT2D eigenvalue weighted by Gasteiger charge is -2.13. The molecule has 0 radical (unpaired) electrons. The third-order valence-corrected chi connectivity index (χ3v) is 9.49. The van der Waals surface area contributed by atoms with Crippen LogP contribution in [0.15, 0.2) is 54.6 Å². The average molecular weight is 647 g/mol. The molecule has 0 bridgehead atoms. The van der Waals surface area contributed by atoms with Crippen molar-refractivity contribution in [1.82, 2.24) is 19.1 Å². The predicted molar refractivity (Wildman–Crippen MR) is 181 cm³/mol. The zero-order valence-corrected chi connectivity index (χ0v) is 28.4. The van der Waals surface area contributed by atoms with Crippen LogP contribution >= 0.6 is 11.6 Å². The van der Waals surface area contributed by atoms with Gasteiger partial charge in [0, 0.05) is 52.1 Å². The fourth-order valence-electron chi connectivity index (χ4n) is 6.08. The van der Waals surface area contributed by atoms with Gasteiger partial charge in [0.25, 0.3) is 5.91 Å². The summed E-state index contributed by atoms with van der Waals surface area (Å²) in [6, 6.07) is 17.5. The Bertz CT molecular complexity index is 2000. The van der Waals surface area contributed by atoms with Crippen molar-refractivity contribution in [2.24, 2.45) is 7.05 Å². The molecule has 0 spiro atoms. The van der Waals surface area contributed by atoms with Crippen LogP contribution in [0.5, 0.6) is 5.75 Å². The largest absolute Gasteiger partial charge is 0.494 e. The van der Waals surface area contributed by atoms with Crippen LogP contribution in [0.4, 0.5) is 0 Å². The highest BCUT2D eigenvalue weighted by Gasteiger charge is 2.22. The molecule has 2 heterocycles. The highest BCUT2D eigenvalue weighted by atomic mass is 35.5. The molecular formula is C35H39ClN4O4S. The molecule has 2 aromatic heterocycles. The highest BCUT2D eigenvalue weighted by Crippen LogP contribution is 2.38. The number of carbonyl (C=O) groups is 1. The first kappa shape index (κ1) is 32.3. The summed E-state index contributed by atoms with van der Waals surface area (Å²) >= 11 is 6.34. The minimum Gasteiger partial charge on any atom is -0.494 e. The summed E-state index contributed by atoms with van der Waals surface area (Å²) in [5.41, 5.74) is 11.1. The number of aromatic nitrogens is 3. The van der Waals surface area contributed by atoms with Crippen molar-refractivity contribution in [2.75, 3.05) is 12.9 Å². The Morgan fingerprint density at radius 1 is 0.978 bits per heavy atom. The summed E-state index contributed by atoms with van der Waals surface area (Å²) in [6.45, 7) is 11.4. The maximum Gasteiger partial charge on any atom is 0.264 e. The van der Waals surface area contributed by atoms with Crippen molar-refractivity contribution >= 4 is 38.4 Å². The molecule has 3 aromatic carbocycles. The van der Waals surface area contributed by atoms with Crippen LogP contribution < -0.4 is 9.46 Å². The maximum absolute atomic E-state index is 12.4. The number of amides is 1. The summed E-state index contributed by atoms with van der Waals surface area (Å²) < 4.78 is 35.5. The van der Waals surface area contributed by atoms with Gasteiger partial charge in [-0.05, 0) is 94.0 Å². The molecule has 0 unspecified atom stereocenters. The van der Waals surface area contributed by atoms with E-state index in [1.807, 2.05) is 61.5 Å². The molecule has 1 N–H and O–H groups in total. The van der Waals surface area contributed by atoms with E-state index in [1.165, 1.54) is 10.9 Å². The lowest BCUT2D eigenvalue weighted by molar-refractivity contribution is 0.0981. The van der Waals surface area contributed by atoms with Gasteiger partial charge in [-0.15, -0.1) is 0 Å². The summed E-state index contributed by atoms with van der Waals surface area (Å²) in [5.74, 6) is 0.178. The number of benzene rings is 3. The molecule has 0 aliphatic heterocycles. The van der Waals surface area contributed by atoms with E-state index in [0.29, 0.717) is 13.2 Å². The summed E-state index contributed by atoms with van der Waals surface area (Å²) in [6.07, 6.45) is 2.63. The van der Waals surface area contributed by atoms with Gasteiger partial charge in [0.1, 0.15) is 5.75 Å². The number of hydrogen-bond acceptors (Lipinski definition) is 5. The minimum atomic E-state index is -3.65. The fraction of sp³-hybridized carbons (Fsp3) is 0.314. The Hall–Kier alpha value is -4.08. The van der Waals surface area contributed by atoms with Crippen LogP contribution in [0.1, 0.15) is 56.1 Å². The van der Waals surface area contributed by atoms with Crippen LogP contribution in [0, 0.1) is 34.6 Å². The molecule has 8 nitrogen and oxygen atoms in total. The first-order valence-corrected chi connectivity index (χ1v) is 17.1. The van der Waals surface area contributed by atoms with Crippen molar-refractivity contribution in [1.29, 1.82) is 0 Å². The maximum atomic E-state index is 12.4. The van der Waals surface area contributed by atoms with E-state index >= 15 is 0 Å². The fourth-order valence-corrected chi connectivity index (χ4v) is 6.65. The quantitative estimate of drug-likeness (QED) is 0.165. The second kappa shape index (κ2) is 12.7. The van der Waals surface area contributed by atoms with Gasteiger partial charge >= 0.3 is 0 Å². The summed E-state index contributed by atoms with van der Waals surface area (Å²) in [5, 5.41) is 6.66. The third-order valence-electron chi connectivity index (χ3n) is 8.34. The second-order valence-electron chi connectivity index (χ2n) is 11.7. The number of nitrogens with one attached hydrogen (secondary N) is 1. The van der Waals surface area contributed by atoms with Gasteiger partial charge < -0.3 is 9.30 Å². The normalized spacial score (nSPS) is 11.7. The lowest BCUT2D eigenvalue weighted by atomic mass is 9.98. The molecule has 0 atom stereocenters. The number of ether oxygens (including phenoxy) is 1. The van der Waals surface area contributed by atoms with Crippen LogP contribution in [-0.2, 0) is 30.0 Å². The highest BCUT2D eigenvalue weighted by molar-refractivity contribution is 7.89. The van der Waals surface area contributed by atoms with E-state index in [1.54, 1.807) is 12.1 Å². The molecule has 236 valence electrons. The lowest BCUT2D eigenvalue weighted by Crippen LogP contribution is -2.29. The number of carbonyl (C=O) groups excluding carboxylic acids is 1. The van der Waals surface area contributed by atoms with Crippen LogP contribution in [0.3, 0.4) is 0 Å². The first-order chi connectivity index (χ1) is 21.2. The van der Waals surface area contributed by atoms with Crippen molar-refractivity contribution in [3.63, 3.8) is 0 Å². The monoisotopic (exact) mass is 646 g/mol. The standard InChI is InChI=1S/C35H39ClN4O4S/c1-21-18-28(19-22(2)33(21)36)44-17-9-12-29-24(4)40(20-26-13-15-27(16-14-26)35(41)38-45(7,42)43)34-30(29)10-8-11-31(34)32-23(3)37-39(6)25(32)5/h8,10-11,13-16,18-19H,9,12,17,20H2,1-7H3,(H,38,41). The molecule has 0 saturated heterocycles. The van der Waals surface area contributed by atoms with Crippen molar-refractivity contribution in [3.05, 3.63) is 105 Å². The molecule has 0 fully saturated rings. The van der Waals surface area contributed by atoms with E-state index in [9.17, 15) is 13.2 Å². The number of rotatable bonds is 10. The third kappa shape index (κ3) is 6.79. The van der Waals surface area contributed by atoms with Gasteiger partial charge in [0.15, 0.2) is 0 Å². The zero-order valence-electron chi connectivity index (χ0n) is 26.8. The van der Waals surface area contributed by atoms with E-state index in [-0.39, 0.29) is 5.56 Å². The molecule has 1 amide bonds. The van der Waals surface area contributed by atoms with Crippen molar-refractivity contribution in [3.8, 4) is 16.9 Å². The molecule has 0 aliphatic carbocycles. The predicted octanol–water partition coefficient (Wildman–Crippen LogP) is 6.99. The van der Waals surface area contributed by atoms with Crippen molar-refractivity contribution < 1.29 is 17.9 Å². The number of aryl methyl sites for hydroxylation is 5. The number of para-hydroxylation sites is 1. The Kier molecular flexibility index (Phi) is 9.14. The summed E-state index contributed by atoms with van der Waals surface area (Å²) in [4.78, 5) is 12.4. The molecule has 10 heteroatoms. The van der Waals surface area contributed by atoms with Crippen LogP contribution in [0.2, 0.25) is 5.02 Å². The molecule has 5 rings (SSSR count). The van der Waals surface area contributed by atoms with Gasteiger partial charge in [0.05, 0.1) is 24.1 Å². The van der Waals surface area contributed by atoms with Gasteiger partial charge in [-0.2, -0.15) is 5.10 Å². The Morgan fingerprint density at radius 3 is 2.24 bits per heavy atom. The number of fused-ring (bicyclic) bond motifs is 1.